The second-order valence-corrected chi connectivity index (χ2v) is 5.51. The van der Waals surface area contributed by atoms with E-state index >= 15 is 0 Å². The van der Waals surface area contributed by atoms with Crippen molar-refractivity contribution in [3.8, 4) is 11.1 Å². The third-order valence-electron chi connectivity index (χ3n) is 4.21. The number of carbonyl (C=O) groups is 1. The number of rotatable bonds is 2. The Hall–Kier alpha value is -3.13. The highest BCUT2D eigenvalue weighted by Gasteiger charge is 2.28. The van der Waals surface area contributed by atoms with E-state index in [0.29, 0.717) is 5.57 Å². The maximum atomic E-state index is 12.0. The van der Waals surface area contributed by atoms with Crippen LogP contribution in [0.25, 0.3) is 22.3 Å². The SMILES string of the molecule is O=C(O)C(=C1c2ccccc2-c2ccccc21)c1ccccc1. The molecule has 3 aromatic rings. The largest absolute Gasteiger partial charge is 0.478 e. The Morgan fingerprint density at radius 2 is 1.04 bits per heavy atom. The Kier molecular flexibility index (Phi) is 3.09. The fourth-order valence-electron chi connectivity index (χ4n) is 3.27. The monoisotopic (exact) mass is 298 g/mol. The van der Waals surface area contributed by atoms with Gasteiger partial charge in [0.15, 0.2) is 0 Å². The molecule has 23 heavy (non-hydrogen) atoms. The highest BCUT2D eigenvalue weighted by atomic mass is 16.4. The molecule has 0 atom stereocenters. The first-order valence-corrected chi connectivity index (χ1v) is 7.49. The van der Waals surface area contributed by atoms with Crippen molar-refractivity contribution >= 4 is 17.1 Å². The summed E-state index contributed by atoms with van der Waals surface area (Å²) in [5.74, 6) is -0.905. The van der Waals surface area contributed by atoms with Gasteiger partial charge in [0.1, 0.15) is 0 Å². The molecule has 0 aromatic heterocycles. The zero-order chi connectivity index (χ0) is 15.8. The fraction of sp³-hybridized carbons (Fsp3) is 0. The van der Waals surface area contributed by atoms with Gasteiger partial charge in [-0.2, -0.15) is 0 Å². The number of aliphatic carboxylic acids is 1. The summed E-state index contributed by atoms with van der Waals surface area (Å²) < 4.78 is 0. The van der Waals surface area contributed by atoms with Crippen LogP contribution in [-0.2, 0) is 4.79 Å². The first-order valence-electron chi connectivity index (χ1n) is 7.49. The van der Waals surface area contributed by atoms with Crippen molar-refractivity contribution in [2.45, 2.75) is 0 Å². The molecule has 0 saturated carbocycles. The van der Waals surface area contributed by atoms with Crippen LogP contribution in [0.4, 0.5) is 0 Å². The maximum Gasteiger partial charge on any atom is 0.336 e. The van der Waals surface area contributed by atoms with Gasteiger partial charge in [0.25, 0.3) is 0 Å². The second kappa shape index (κ2) is 5.25. The lowest BCUT2D eigenvalue weighted by molar-refractivity contribution is -0.130. The molecule has 0 spiro atoms. The molecule has 110 valence electrons. The lowest BCUT2D eigenvalue weighted by Gasteiger charge is -2.10. The van der Waals surface area contributed by atoms with Crippen LogP contribution in [0.1, 0.15) is 16.7 Å². The minimum Gasteiger partial charge on any atom is -0.478 e. The van der Waals surface area contributed by atoms with E-state index in [4.69, 9.17) is 0 Å². The zero-order valence-corrected chi connectivity index (χ0v) is 12.4. The summed E-state index contributed by atoms with van der Waals surface area (Å²) in [6.07, 6.45) is 0. The van der Waals surface area contributed by atoms with Crippen LogP contribution in [0, 0.1) is 0 Å². The summed E-state index contributed by atoms with van der Waals surface area (Å²) >= 11 is 0. The molecule has 0 heterocycles. The van der Waals surface area contributed by atoms with Crippen molar-refractivity contribution in [2.75, 3.05) is 0 Å². The Labute approximate surface area is 134 Å². The van der Waals surface area contributed by atoms with Crippen molar-refractivity contribution in [3.05, 3.63) is 95.6 Å². The molecule has 1 aliphatic rings. The molecule has 0 unspecified atom stereocenters. The van der Waals surface area contributed by atoms with E-state index in [1.807, 2.05) is 78.9 Å². The Morgan fingerprint density at radius 1 is 0.609 bits per heavy atom. The van der Waals surface area contributed by atoms with Crippen molar-refractivity contribution in [2.24, 2.45) is 0 Å². The Balaban J connectivity index is 2.13. The molecule has 0 bridgehead atoms. The van der Waals surface area contributed by atoms with E-state index in [1.54, 1.807) is 0 Å². The average molecular weight is 298 g/mol. The lowest BCUT2D eigenvalue weighted by Crippen LogP contribution is -2.03. The molecule has 1 aliphatic carbocycles. The highest BCUT2D eigenvalue weighted by molar-refractivity contribution is 6.28. The summed E-state index contributed by atoms with van der Waals surface area (Å²) in [6.45, 7) is 0. The number of hydrogen-bond acceptors (Lipinski definition) is 1. The molecule has 3 aromatic carbocycles. The normalized spacial score (nSPS) is 11.7. The van der Waals surface area contributed by atoms with E-state index in [1.165, 1.54) is 0 Å². The predicted octanol–water partition coefficient (Wildman–Crippen LogP) is 4.71. The summed E-state index contributed by atoms with van der Waals surface area (Å²) in [7, 11) is 0. The number of carboxylic acids is 1. The molecule has 1 N–H and O–H groups in total. The predicted molar refractivity (Wildman–Crippen MR) is 91.9 cm³/mol. The Morgan fingerprint density at radius 3 is 1.52 bits per heavy atom. The van der Waals surface area contributed by atoms with Crippen LogP contribution in [-0.4, -0.2) is 11.1 Å². The molecule has 0 radical (unpaired) electrons. The second-order valence-electron chi connectivity index (χ2n) is 5.51. The van der Waals surface area contributed by atoms with Gasteiger partial charge < -0.3 is 5.11 Å². The van der Waals surface area contributed by atoms with Crippen LogP contribution < -0.4 is 0 Å². The first-order chi connectivity index (χ1) is 11.3. The minimum absolute atomic E-state index is 0.350. The third-order valence-corrected chi connectivity index (χ3v) is 4.21. The van der Waals surface area contributed by atoms with Gasteiger partial charge in [-0.05, 0) is 27.8 Å². The van der Waals surface area contributed by atoms with E-state index < -0.39 is 5.97 Å². The van der Waals surface area contributed by atoms with Gasteiger partial charge in [-0.25, -0.2) is 4.79 Å². The minimum atomic E-state index is -0.905. The molecular weight excluding hydrogens is 284 g/mol. The maximum absolute atomic E-state index is 12.0. The number of fused-ring (bicyclic) bond motifs is 3. The number of hydrogen-bond donors (Lipinski definition) is 1. The van der Waals surface area contributed by atoms with Crippen LogP contribution in [0.3, 0.4) is 0 Å². The summed E-state index contributed by atoms with van der Waals surface area (Å²) in [5, 5.41) is 9.88. The zero-order valence-electron chi connectivity index (χ0n) is 12.4. The first kappa shape index (κ1) is 13.5. The third kappa shape index (κ3) is 2.08. The van der Waals surface area contributed by atoms with E-state index in [2.05, 4.69) is 0 Å². The van der Waals surface area contributed by atoms with E-state index in [0.717, 1.165) is 33.4 Å². The van der Waals surface area contributed by atoms with Crippen molar-refractivity contribution in [3.63, 3.8) is 0 Å². The van der Waals surface area contributed by atoms with Gasteiger partial charge >= 0.3 is 5.97 Å². The summed E-state index contributed by atoms with van der Waals surface area (Å²) in [4.78, 5) is 12.0. The molecule has 2 nitrogen and oxygen atoms in total. The van der Waals surface area contributed by atoms with E-state index in [9.17, 15) is 9.90 Å². The van der Waals surface area contributed by atoms with Crippen molar-refractivity contribution in [1.82, 2.24) is 0 Å². The Bertz CT molecular complexity index is 889. The van der Waals surface area contributed by atoms with Crippen molar-refractivity contribution < 1.29 is 9.90 Å². The molecule has 0 saturated heterocycles. The van der Waals surface area contributed by atoms with Gasteiger partial charge in [0, 0.05) is 5.57 Å². The quantitative estimate of drug-likeness (QED) is 0.544. The van der Waals surface area contributed by atoms with Crippen LogP contribution in [0.5, 0.6) is 0 Å². The highest BCUT2D eigenvalue weighted by Crippen LogP contribution is 2.47. The standard InChI is InChI=1S/C21H14O2/c22-21(23)19(14-8-2-1-3-9-14)20-17-12-6-4-10-15(17)16-11-5-7-13-18(16)20/h1-13H,(H,22,23). The van der Waals surface area contributed by atoms with Gasteiger partial charge in [-0.1, -0.05) is 78.9 Å². The smallest absolute Gasteiger partial charge is 0.336 e. The van der Waals surface area contributed by atoms with Crippen LogP contribution in [0.15, 0.2) is 78.9 Å². The molecule has 2 heteroatoms. The topological polar surface area (TPSA) is 37.3 Å². The summed E-state index contributed by atoms with van der Waals surface area (Å²) in [6, 6.07) is 25.3. The average Bonchev–Trinajstić information content (AvgIpc) is 2.91. The van der Waals surface area contributed by atoms with Crippen molar-refractivity contribution in [1.29, 1.82) is 0 Å². The number of benzene rings is 3. The van der Waals surface area contributed by atoms with Crippen LogP contribution >= 0.6 is 0 Å². The lowest BCUT2D eigenvalue weighted by atomic mass is 9.93. The van der Waals surface area contributed by atoms with Gasteiger partial charge in [-0.3, -0.25) is 0 Å². The fourth-order valence-corrected chi connectivity index (χ4v) is 3.27. The number of carboxylic acid groups (broad SMARTS) is 1. The van der Waals surface area contributed by atoms with Gasteiger partial charge in [0.05, 0.1) is 5.57 Å². The molecule has 0 aliphatic heterocycles. The van der Waals surface area contributed by atoms with Crippen LogP contribution in [0.2, 0.25) is 0 Å². The van der Waals surface area contributed by atoms with E-state index in [-0.39, 0.29) is 0 Å². The molecule has 0 amide bonds. The van der Waals surface area contributed by atoms with Gasteiger partial charge in [-0.15, -0.1) is 0 Å². The molecular formula is C21H14O2. The summed E-state index contributed by atoms with van der Waals surface area (Å²) in [5.41, 5.74) is 6.02. The molecule has 4 rings (SSSR count). The molecule has 0 fully saturated rings. The van der Waals surface area contributed by atoms with Gasteiger partial charge in [0.2, 0.25) is 0 Å².